The van der Waals surface area contributed by atoms with Crippen LogP contribution >= 0.6 is 0 Å². The monoisotopic (exact) mass is 439 g/mol. The quantitative estimate of drug-likeness (QED) is 0.660. The number of nitrogens with one attached hydrogen (secondary N) is 1. The van der Waals surface area contributed by atoms with E-state index in [0.29, 0.717) is 31.7 Å². The zero-order valence-corrected chi connectivity index (χ0v) is 18.0. The van der Waals surface area contributed by atoms with E-state index >= 15 is 0 Å². The maximum atomic E-state index is 13.1. The summed E-state index contributed by atoms with van der Waals surface area (Å²) in [4.78, 5) is 25.7. The van der Waals surface area contributed by atoms with Gasteiger partial charge in [0.2, 0.25) is 5.91 Å². The topological polar surface area (TPSA) is 125 Å². The second kappa shape index (κ2) is 9.40. The molecular formula is C19H29N5O5S. The number of primary amides is 1. The molecule has 2 heterocycles. The van der Waals surface area contributed by atoms with Crippen molar-refractivity contribution in [2.45, 2.75) is 32.1 Å². The Hall–Kier alpha value is -2.05. The normalized spacial score (nSPS) is 25.5. The Morgan fingerprint density at radius 3 is 2.13 bits per heavy atom. The van der Waals surface area contributed by atoms with Crippen molar-refractivity contribution in [2.75, 3.05) is 39.3 Å². The van der Waals surface area contributed by atoms with E-state index in [1.807, 2.05) is 24.8 Å². The third-order valence-electron chi connectivity index (χ3n) is 5.29. The molecule has 3 rings (SSSR count). The predicted octanol–water partition coefficient (Wildman–Crippen LogP) is -0.106. The first-order valence-electron chi connectivity index (χ1n) is 9.98. The Balaban J connectivity index is 1.72. The first-order valence-corrected chi connectivity index (χ1v) is 11.4. The number of benzene rings is 1. The van der Waals surface area contributed by atoms with E-state index in [9.17, 15) is 18.0 Å². The lowest BCUT2D eigenvalue weighted by atomic mass is 10.0. The second-order valence-corrected chi connectivity index (χ2v) is 9.61. The summed E-state index contributed by atoms with van der Waals surface area (Å²) < 4.78 is 34.7. The number of carbonyl (C=O) groups excluding carboxylic acids is 2. The molecule has 11 heteroatoms. The minimum Gasteiger partial charge on any atom is -0.373 e. The van der Waals surface area contributed by atoms with Gasteiger partial charge in [0.1, 0.15) is 6.04 Å². The largest absolute Gasteiger partial charge is 0.373 e. The maximum Gasteiger partial charge on any atom is 0.318 e. The number of nitrogens with two attached hydrogens (primary N) is 1. The van der Waals surface area contributed by atoms with Gasteiger partial charge in [-0.3, -0.25) is 15.0 Å². The Labute approximate surface area is 177 Å². The van der Waals surface area contributed by atoms with Gasteiger partial charge in [0, 0.05) is 39.3 Å². The highest BCUT2D eigenvalue weighted by Crippen LogP contribution is 2.25. The van der Waals surface area contributed by atoms with Gasteiger partial charge in [-0.15, -0.1) is 0 Å². The summed E-state index contributed by atoms with van der Waals surface area (Å²) in [5, 5.41) is 2.15. The summed E-state index contributed by atoms with van der Waals surface area (Å²) in [5.74, 6) is -0.527. The van der Waals surface area contributed by atoms with Gasteiger partial charge in [-0.05, 0) is 19.4 Å². The molecule has 30 heavy (non-hydrogen) atoms. The molecule has 3 N–H and O–H groups in total. The van der Waals surface area contributed by atoms with E-state index in [1.165, 1.54) is 8.61 Å². The number of hydrogen-bond acceptors (Lipinski definition) is 6. The van der Waals surface area contributed by atoms with Crippen molar-refractivity contribution in [3.05, 3.63) is 35.9 Å². The van der Waals surface area contributed by atoms with E-state index < -0.39 is 28.2 Å². The highest BCUT2D eigenvalue weighted by molar-refractivity contribution is 7.86. The highest BCUT2D eigenvalue weighted by atomic mass is 32.2. The van der Waals surface area contributed by atoms with Crippen LogP contribution in [0, 0.1) is 0 Å². The zero-order valence-electron chi connectivity index (χ0n) is 17.2. The summed E-state index contributed by atoms with van der Waals surface area (Å²) in [6.07, 6.45) is -0.324. The Bertz CT molecular complexity index is 847. The highest BCUT2D eigenvalue weighted by Gasteiger charge is 2.39. The molecule has 1 aromatic rings. The number of rotatable bonds is 5. The second-order valence-electron chi connectivity index (χ2n) is 7.68. The van der Waals surface area contributed by atoms with Gasteiger partial charge in [0.15, 0.2) is 0 Å². The first-order chi connectivity index (χ1) is 14.2. The Morgan fingerprint density at radius 2 is 1.60 bits per heavy atom. The molecule has 2 fully saturated rings. The molecule has 0 aromatic heterocycles. The molecule has 2 saturated heterocycles. The van der Waals surface area contributed by atoms with Gasteiger partial charge in [0.05, 0.1) is 12.2 Å². The fraction of sp³-hybridized carbons (Fsp3) is 0.579. The van der Waals surface area contributed by atoms with E-state index in [1.54, 1.807) is 24.3 Å². The fourth-order valence-corrected chi connectivity index (χ4v) is 5.78. The van der Waals surface area contributed by atoms with Crippen LogP contribution in [0.1, 0.15) is 25.5 Å². The number of morpholine rings is 1. The van der Waals surface area contributed by atoms with Crippen LogP contribution in [0.15, 0.2) is 30.3 Å². The molecule has 0 radical (unpaired) electrons. The van der Waals surface area contributed by atoms with Gasteiger partial charge in [-0.25, -0.2) is 4.79 Å². The summed E-state index contributed by atoms with van der Waals surface area (Å²) in [5.41, 5.74) is 5.84. The zero-order chi connectivity index (χ0) is 21.9. The fourth-order valence-electron chi connectivity index (χ4n) is 4.03. The Kier molecular flexibility index (Phi) is 7.09. The number of ether oxygens (including phenoxy) is 1. The van der Waals surface area contributed by atoms with Crippen LogP contribution in [-0.4, -0.2) is 85.3 Å². The smallest absolute Gasteiger partial charge is 0.318 e. The summed E-state index contributed by atoms with van der Waals surface area (Å²) >= 11 is 0. The van der Waals surface area contributed by atoms with Crippen LogP contribution < -0.4 is 11.1 Å². The summed E-state index contributed by atoms with van der Waals surface area (Å²) in [6, 6.07) is 7.39. The van der Waals surface area contributed by atoms with Crippen molar-refractivity contribution in [3.63, 3.8) is 0 Å². The molecule has 2 aliphatic rings. The SMILES string of the molecule is CC1CN(S(=O)(=O)N2CCN(C(C(=O)NC(N)=O)c3ccccc3)CC2)CC(C)O1. The third kappa shape index (κ3) is 5.16. The molecule has 0 saturated carbocycles. The maximum absolute atomic E-state index is 13.1. The van der Waals surface area contributed by atoms with Gasteiger partial charge in [0.25, 0.3) is 10.2 Å². The standard InChI is InChI=1S/C19H29N5O5S/c1-14-12-24(13-15(2)29-14)30(27,28)23-10-8-22(9-11-23)17(18(25)21-19(20)26)16-6-4-3-5-7-16/h3-7,14-15,17H,8-13H2,1-2H3,(H3,20,21,25,26). The number of piperazine rings is 1. The average molecular weight is 440 g/mol. The van der Waals surface area contributed by atoms with Crippen LogP contribution in [-0.2, 0) is 19.7 Å². The predicted molar refractivity (Wildman–Crippen MR) is 111 cm³/mol. The molecule has 1 aromatic carbocycles. The van der Waals surface area contributed by atoms with Gasteiger partial charge < -0.3 is 10.5 Å². The molecule has 0 spiro atoms. The molecule has 3 atom stereocenters. The van der Waals surface area contributed by atoms with Crippen LogP contribution in [0.25, 0.3) is 0 Å². The van der Waals surface area contributed by atoms with E-state index in [0.717, 1.165) is 0 Å². The van der Waals surface area contributed by atoms with Crippen LogP contribution in [0.5, 0.6) is 0 Å². The third-order valence-corrected chi connectivity index (χ3v) is 7.26. The van der Waals surface area contributed by atoms with Crippen LogP contribution in [0.2, 0.25) is 0 Å². The average Bonchev–Trinajstić information content (AvgIpc) is 2.68. The molecule has 2 aliphatic heterocycles. The number of hydrogen-bond donors (Lipinski definition) is 2. The van der Waals surface area contributed by atoms with Crippen molar-refractivity contribution in [3.8, 4) is 0 Å². The summed E-state index contributed by atoms with van der Waals surface area (Å²) in [7, 11) is -3.62. The van der Waals surface area contributed by atoms with E-state index in [4.69, 9.17) is 10.5 Å². The van der Waals surface area contributed by atoms with Crippen LogP contribution in [0.4, 0.5) is 4.79 Å². The van der Waals surface area contributed by atoms with Crippen LogP contribution in [0.3, 0.4) is 0 Å². The minimum absolute atomic E-state index is 0.162. The molecule has 3 unspecified atom stereocenters. The molecule has 10 nitrogen and oxygen atoms in total. The number of nitrogens with zero attached hydrogens (tertiary/aromatic N) is 3. The number of urea groups is 1. The number of carbonyl (C=O) groups is 2. The van der Waals surface area contributed by atoms with Gasteiger partial charge in [-0.2, -0.15) is 17.0 Å². The van der Waals surface area contributed by atoms with Gasteiger partial charge >= 0.3 is 6.03 Å². The minimum atomic E-state index is -3.62. The first kappa shape index (κ1) is 22.6. The lowest BCUT2D eigenvalue weighted by molar-refractivity contribution is -0.126. The summed E-state index contributed by atoms with van der Waals surface area (Å²) in [6.45, 7) is 5.54. The molecule has 3 amide bonds. The van der Waals surface area contributed by atoms with Crippen molar-refractivity contribution >= 4 is 22.1 Å². The molecule has 166 valence electrons. The molecule has 0 bridgehead atoms. The van der Waals surface area contributed by atoms with E-state index in [2.05, 4.69) is 5.32 Å². The lowest BCUT2D eigenvalue weighted by Crippen LogP contribution is -2.58. The number of amides is 3. The van der Waals surface area contributed by atoms with Crippen molar-refractivity contribution in [1.82, 2.24) is 18.8 Å². The molecule has 0 aliphatic carbocycles. The van der Waals surface area contributed by atoms with Crippen molar-refractivity contribution < 1.29 is 22.7 Å². The van der Waals surface area contributed by atoms with Gasteiger partial charge in [-0.1, -0.05) is 30.3 Å². The van der Waals surface area contributed by atoms with Crippen molar-refractivity contribution in [2.24, 2.45) is 5.73 Å². The molecular weight excluding hydrogens is 410 g/mol. The van der Waals surface area contributed by atoms with Crippen molar-refractivity contribution in [1.29, 1.82) is 0 Å². The van der Waals surface area contributed by atoms with E-state index in [-0.39, 0.29) is 25.3 Å². The Morgan fingerprint density at radius 1 is 1.03 bits per heavy atom. The lowest BCUT2D eigenvalue weighted by Gasteiger charge is -2.41. The number of imide groups is 1.